The van der Waals surface area contributed by atoms with Crippen LogP contribution in [0.1, 0.15) is 28.8 Å². The van der Waals surface area contributed by atoms with Gasteiger partial charge in [0, 0.05) is 49.2 Å². The third kappa shape index (κ3) is 4.91. The first kappa shape index (κ1) is 21.8. The SMILES string of the molecule is COc1ccc(Cl)cc1C(=O)N1CCC(C(=O)NCc2ccnc(-n3cccn3)c2)CC1. The van der Waals surface area contributed by atoms with Gasteiger partial charge in [0.05, 0.1) is 12.7 Å². The van der Waals surface area contributed by atoms with Gasteiger partial charge in [-0.1, -0.05) is 11.6 Å². The summed E-state index contributed by atoms with van der Waals surface area (Å²) in [5.74, 6) is 0.921. The lowest BCUT2D eigenvalue weighted by Gasteiger charge is -2.31. The molecule has 3 aromatic rings. The predicted octanol–water partition coefficient (Wildman–Crippen LogP) is 3.10. The van der Waals surface area contributed by atoms with Crippen LogP contribution in [0.25, 0.3) is 5.82 Å². The normalized spacial score (nSPS) is 14.2. The van der Waals surface area contributed by atoms with Crippen molar-refractivity contribution in [1.29, 1.82) is 0 Å². The van der Waals surface area contributed by atoms with Gasteiger partial charge in [-0.25, -0.2) is 9.67 Å². The maximum atomic E-state index is 12.9. The van der Waals surface area contributed by atoms with Crippen LogP contribution in [0.4, 0.5) is 0 Å². The number of aromatic nitrogens is 3. The van der Waals surface area contributed by atoms with Crippen molar-refractivity contribution in [3.63, 3.8) is 0 Å². The van der Waals surface area contributed by atoms with E-state index in [1.54, 1.807) is 40.2 Å². The monoisotopic (exact) mass is 453 g/mol. The van der Waals surface area contributed by atoms with Crippen molar-refractivity contribution < 1.29 is 14.3 Å². The van der Waals surface area contributed by atoms with Gasteiger partial charge in [0.2, 0.25) is 5.91 Å². The van der Waals surface area contributed by atoms with Gasteiger partial charge in [-0.2, -0.15) is 5.10 Å². The number of carbonyl (C=O) groups is 2. The summed E-state index contributed by atoms with van der Waals surface area (Å²) in [6.45, 7) is 1.42. The van der Waals surface area contributed by atoms with Gasteiger partial charge in [-0.15, -0.1) is 0 Å². The van der Waals surface area contributed by atoms with Crippen molar-refractivity contribution >= 4 is 23.4 Å². The van der Waals surface area contributed by atoms with Crippen LogP contribution in [0.5, 0.6) is 5.75 Å². The molecule has 0 saturated carbocycles. The number of halogens is 1. The fourth-order valence-corrected chi connectivity index (χ4v) is 3.97. The van der Waals surface area contributed by atoms with Crippen molar-refractivity contribution in [2.45, 2.75) is 19.4 Å². The molecule has 0 spiro atoms. The third-order valence-corrected chi connectivity index (χ3v) is 5.80. The van der Waals surface area contributed by atoms with Gasteiger partial charge < -0.3 is 15.0 Å². The molecule has 1 aliphatic rings. The molecular formula is C23H24ClN5O3. The first-order chi connectivity index (χ1) is 15.5. The van der Waals surface area contributed by atoms with Crippen LogP contribution in [0.2, 0.25) is 5.02 Å². The molecule has 2 aromatic heterocycles. The number of likely N-dealkylation sites (tertiary alicyclic amines) is 1. The van der Waals surface area contributed by atoms with E-state index in [1.165, 1.54) is 7.11 Å². The molecule has 0 atom stereocenters. The van der Waals surface area contributed by atoms with Gasteiger partial charge in [0.15, 0.2) is 5.82 Å². The molecule has 0 unspecified atom stereocenters. The molecule has 1 aliphatic heterocycles. The topological polar surface area (TPSA) is 89.4 Å². The highest BCUT2D eigenvalue weighted by atomic mass is 35.5. The Morgan fingerprint density at radius 1 is 1.19 bits per heavy atom. The zero-order chi connectivity index (χ0) is 22.5. The molecule has 1 saturated heterocycles. The number of methoxy groups -OCH3 is 1. The van der Waals surface area contributed by atoms with E-state index in [0.29, 0.717) is 54.6 Å². The Morgan fingerprint density at radius 3 is 2.72 bits per heavy atom. The fraction of sp³-hybridized carbons (Fsp3) is 0.304. The number of hydrogen-bond acceptors (Lipinski definition) is 5. The number of carbonyl (C=O) groups excluding carboxylic acids is 2. The summed E-state index contributed by atoms with van der Waals surface area (Å²) in [6.07, 6.45) is 6.42. The van der Waals surface area contributed by atoms with E-state index in [1.807, 2.05) is 24.4 Å². The van der Waals surface area contributed by atoms with Gasteiger partial charge >= 0.3 is 0 Å². The molecule has 0 bridgehead atoms. The summed E-state index contributed by atoms with van der Waals surface area (Å²) in [4.78, 5) is 31.7. The van der Waals surface area contributed by atoms with Crippen molar-refractivity contribution in [2.75, 3.05) is 20.2 Å². The Labute approximate surface area is 191 Å². The average Bonchev–Trinajstić information content (AvgIpc) is 3.37. The Hall–Kier alpha value is -3.39. The van der Waals surface area contributed by atoms with Gasteiger partial charge in [0.1, 0.15) is 5.75 Å². The lowest BCUT2D eigenvalue weighted by atomic mass is 9.95. The maximum absolute atomic E-state index is 12.9. The number of ether oxygens (including phenoxy) is 1. The summed E-state index contributed by atoms with van der Waals surface area (Å²) < 4.78 is 6.97. The second-order valence-electron chi connectivity index (χ2n) is 7.60. The first-order valence-electron chi connectivity index (χ1n) is 10.4. The van der Waals surface area contributed by atoms with E-state index in [2.05, 4.69) is 15.4 Å². The molecule has 32 heavy (non-hydrogen) atoms. The zero-order valence-corrected chi connectivity index (χ0v) is 18.5. The Bertz CT molecular complexity index is 1090. The average molecular weight is 454 g/mol. The van der Waals surface area contributed by atoms with Crippen LogP contribution < -0.4 is 10.1 Å². The number of pyridine rings is 1. The number of hydrogen-bond donors (Lipinski definition) is 1. The van der Waals surface area contributed by atoms with Crippen molar-refractivity contribution in [3.05, 3.63) is 71.1 Å². The lowest BCUT2D eigenvalue weighted by Crippen LogP contribution is -2.43. The minimum absolute atomic E-state index is 0.00473. The number of nitrogens with one attached hydrogen (secondary N) is 1. The van der Waals surface area contributed by atoms with Gasteiger partial charge in [-0.05, 0) is 54.8 Å². The van der Waals surface area contributed by atoms with Crippen LogP contribution in [0.3, 0.4) is 0 Å². The summed E-state index contributed by atoms with van der Waals surface area (Å²) in [5, 5.41) is 7.66. The predicted molar refractivity (Wildman–Crippen MR) is 120 cm³/mol. The standard InChI is InChI=1S/C23H24ClN5O3/c1-32-20-4-3-18(24)14-19(20)23(31)28-11-6-17(7-12-28)22(30)26-15-16-5-9-25-21(13-16)29-10-2-8-27-29/h2-5,8-10,13-14,17H,6-7,11-12,15H2,1H3,(H,26,30). The molecule has 1 N–H and O–H groups in total. The quantitative estimate of drug-likeness (QED) is 0.619. The van der Waals surface area contributed by atoms with E-state index in [0.717, 1.165) is 5.56 Å². The van der Waals surface area contributed by atoms with Crippen molar-refractivity contribution in [2.24, 2.45) is 5.92 Å². The molecule has 1 fully saturated rings. The number of piperidine rings is 1. The maximum Gasteiger partial charge on any atom is 0.257 e. The van der Waals surface area contributed by atoms with Crippen LogP contribution in [-0.2, 0) is 11.3 Å². The molecule has 2 amide bonds. The molecule has 3 heterocycles. The second kappa shape index (κ2) is 9.82. The molecular weight excluding hydrogens is 430 g/mol. The van der Waals surface area contributed by atoms with Crippen LogP contribution >= 0.6 is 11.6 Å². The van der Waals surface area contributed by atoms with Crippen molar-refractivity contribution in [1.82, 2.24) is 25.0 Å². The highest BCUT2D eigenvalue weighted by Crippen LogP contribution is 2.26. The van der Waals surface area contributed by atoms with E-state index in [4.69, 9.17) is 16.3 Å². The first-order valence-corrected chi connectivity index (χ1v) is 10.8. The van der Waals surface area contributed by atoms with Gasteiger partial charge in [0.25, 0.3) is 5.91 Å². The van der Waals surface area contributed by atoms with Crippen LogP contribution in [-0.4, -0.2) is 51.7 Å². The summed E-state index contributed by atoms with van der Waals surface area (Å²) in [7, 11) is 1.53. The third-order valence-electron chi connectivity index (χ3n) is 5.56. The summed E-state index contributed by atoms with van der Waals surface area (Å²) >= 11 is 6.06. The lowest BCUT2D eigenvalue weighted by molar-refractivity contribution is -0.126. The number of benzene rings is 1. The number of rotatable bonds is 6. The number of nitrogens with zero attached hydrogens (tertiary/aromatic N) is 4. The Kier molecular flexibility index (Phi) is 6.70. The largest absolute Gasteiger partial charge is 0.496 e. The molecule has 8 nitrogen and oxygen atoms in total. The van der Waals surface area contributed by atoms with Crippen LogP contribution in [0, 0.1) is 5.92 Å². The molecule has 9 heteroatoms. The van der Waals surface area contributed by atoms with E-state index in [9.17, 15) is 9.59 Å². The summed E-state index contributed by atoms with van der Waals surface area (Å²) in [5.41, 5.74) is 1.38. The molecule has 0 aliphatic carbocycles. The molecule has 166 valence electrons. The highest BCUT2D eigenvalue weighted by Gasteiger charge is 2.29. The second-order valence-corrected chi connectivity index (χ2v) is 8.04. The van der Waals surface area contributed by atoms with E-state index >= 15 is 0 Å². The van der Waals surface area contributed by atoms with Gasteiger partial charge in [-0.3, -0.25) is 9.59 Å². The molecule has 4 rings (SSSR count). The minimum Gasteiger partial charge on any atom is -0.496 e. The highest BCUT2D eigenvalue weighted by molar-refractivity contribution is 6.31. The van der Waals surface area contributed by atoms with E-state index in [-0.39, 0.29) is 17.7 Å². The summed E-state index contributed by atoms with van der Waals surface area (Å²) in [6, 6.07) is 10.6. The number of amides is 2. The molecule has 0 radical (unpaired) electrons. The fourth-order valence-electron chi connectivity index (χ4n) is 3.80. The zero-order valence-electron chi connectivity index (χ0n) is 17.7. The van der Waals surface area contributed by atoms with Crippen LogP contribution in [0.15, 0.2) is 55.0 Å². The van der Waals surface area contributed by atoms with E-state index < -0.39 is 0 Å². The smallest absolute Gasteiger partial charge is 0.257 e. The Balaban J connectivity index is 1.31. The minimum atomic E-state index is -0.133. The van der Waals surface area contributed by atoms with Crippen molar-refractivity contribution in [3.8, 4) is 11.6 Å². The Morgan fingerprint density at radius 2 is 2.00 bits per heavy atom. The molecule has 1 aromatic carbocycles.